The van der Waals surface area contributed by atoms with Gasteiger partial charge >= 0.3 is 0 Å². The summed E-state index contributed by atoms with van der Waals surface area (Å²) in [6.07, 6.45) is 5.69. The maximum Gasteiger partial charge on any atom is 0.0140 e. The van der Waals surface area contributed by atoms with Gasteiger partial charge in [-0.3, -0.25) is 0 Å². The number of hydrogen-bond donors (Lipinski definition) is 0. The van der Waals surface area contributed by atoms with Gasteiger partial charge in [0.1, 0.15) is 0 Å². The Morgan fingerprint density at radius 3 is 2.83 bits per heavy atom. The standard InChI is InChI=1S/C10H19PS/c1-4-11-12-9-7-5-6-8-10(9,2)3/h4,9,11H,1,5-8H2,2-3H3. The van der Waals surface area contributed by atoms with E-state index in [0.717, 1.165) is 13.0 Å². The predicted octanol–water partition coefficient (Wildman–Crippen LogP) is 4.43. The minimum absolute atomic E-state index is 0.568. The molecule has 0 radical (unpaired) electrons. The van der Waals surface area contributed by atoms with Crippen molar-refractivity contribution in [2.75, 3.05) is 0 Å². The predicted molar refractivity (Wildman–Crippen MR) is 62.1 cm³/mol. The minimum atomic E-state index is 0.568. The molecule has 0 heterocycles. The highest BCUT2D eigenvalue weighted by Gasteiger charge is 2.31. The molecule has 0 N–H and O–H groups in total. The van der Waals surface area contributed by atoms with E-state index in [2.05, 4.69) is 37.6 Å². The molecule has 1 saturated carbocycles. The van der Waals surface area contributed by atoms with Crippen molar-refractivity contribution in [2.45, 2.75) is 44.8 Å². The smallest absolute Gasteiger partial charge is 0.0140 e. The molecule has 0 aromatic carbocycles. The summed E-state index contributed by atoms with van der Waals surface area (Å²) < 4.78 is 0. The van der Waals surface area contributed by atoms with Crippen molar-refractivity contribution in [1.29, 1.82) is 0 Å². The summed E-state index contributed by atoms with van der Waals surface area (Å²) in [6, 6.07) is 0. The van der Waals surface area contributed by atoms with Gasteiger partial charge in [-0.05, 0) is 26.0 Å². The molecule has 0 aromatic heterocycles. The van der Waals surface area contributed by atoms with Crippen molar-refractivity contribution < 1.29 is 0 Å². The average molecular weight is 202 g/mol. The molecule has 0 aliphatic heterocycles. The number of rotatable bonds is 3. The van der Waals surface area contributed by atoms with Gasteiger partial charge in [-0.25, -0.2) is 0 Å². The summed E-state index contributed by atoms with van der Waals surface area (Å²) in [5.74, 6) is 2.05. The first-order valence-electron chi connectivity index (χ1n) is 4.69. The molecule has 0 saturated heterocycles. The molecule has 0 bridgehead atoms. The maximum absolute atomic E-state index is 3.78. The van der Waals surface area contributed by atoms with Crippen molar-refractivity contribution in [1.82, 2.24) is 0 Å². The lowest BCUT2D eigenvalue weighted by Gasteiger charge is -2.37. The van der Waals surface area contributed by atoms with Crippen molar-refractivity contribution in [3.05, 3.63) is 12.4 Å². The van der Waals surface area contributed by atoms with E-state index in [1.165, 1.54) is 25.7 Å². The lowest BCUT2D eigenvalue weighted by atomic mass is 9.77. The Balaban J connectivity index is 2.42. The largest absolute Gasteiger partial charge is 0.129 e. The van der Waals surface area contributed by atoms with Crippen LogP contribution >= 0.6 is 19.2 Å². The SMILES string of the molecule is C=CPSC1CCCCC1(C)C. The van der Waals surface area contributed by atoms with Crippen molar-refractivity contribution in [3.8, 4) is 0 Å². The molecule has 1 aliphatic carbocycles. The second kappa shape index (κ2) is 4.67. The Bertz CT molecular complexity index is 154. The normalized spacial score (nSPS) is 29.3. The Morgan fingerprint density at radius 1 is 1.50 bits per heavy atom. The molecule has 1 rings (SSSR count). The van der Waals surface area contributed by atoms with Crippen LogP contribution in [0, 0.1) is 5.41 Å². The molecule has 12 heavy (non-hydrogen) atoms. The minimum Gasteiger partial charge on any atom is -0.129 e. The van der Waals surface area contributed by atoms with Gasteiger partial charge < -0.3 is 0 Å². The van der Waals surface area contributed by atoms with Crippen LogP contribution < -0.4 is 0 Å². The van der Waals surface area contributed by atoms with Gasteiger partial charge in [-0.15, -0.1) is 11.4 Å². The van der Waals surface area contributed by atoms with E-state index in [-0.39, 0.29) is 0 Å². The average Bonchev–Trinajstić information content (AvgIpc) is 2.02. The molecule has 0 aromatic rings. The first-order chi connectivity index (χ1) is 5.67. The van der Waals surface area contributed by atoms with Gasteiger partial charge in [0, 0.05) is 5.25 Å². The third-order valence-electron chi connectivity index (χ3n) is 2.70. The van der Waals surface area contributed by atoms with Gasteiger partial charge in [-0.2, -0.15) is 0 Å². The van der Waals surface area contributed by atoms with Crippen molar-refractivity contribution in [2.24, 2.45) is 5.41 Å². The fourth-order valence-electron chi connectivity index (χ4n) is 1.81. The monoisotopic (exact) mass is 202 g/mol. The molecular formula is C10H19PS. The lowest BCUT2D eigenvalue weighted by Crippen LogP contribution is -2.29. The second-order valence-electron chi connectivity index (χ2n) is 4.16. The van der Waals surface area contributed by atoms with Crippen LogP contribution in [-0.4, -0.2) is 5.25 Å². The van der Waals surface area contributed by atoms with Gasteiger partial charge in [0.25, 0.3) is 0 Å². The van der Waals surface area contributed by atoms with E-state index in [0.29, 0.717) is 5.41 Å². The number of hydrogen-bond acceptors (Lipinski definition) is 1. The topological polar surface area (TPSA) is 0 Å². The van der Waals surface area contributed by atoms with Crippen molar-refractivity contribution >= 4 is 19.2 Å². The summed E-state index contributed by atoms with van der Waals surface area (Å²) >= 11 is 2.11. The molecule has 1 aliphatic rings. The van der Waals surface area contributed by atoms with Crippen LogP contribution in [0.5, 0.6) is 0 Å². The van der Waals surface area contributed by atoms with Gasteiger partial charge in [0.15, 0.2) is 0 Å². The second-order valence-corrected chi connectivity index (χ2v) is 7.03. The van der Waals surface area contributed by atoms with Crippen LogP contribution in [0.1, 0.15) is 39.5 Å². The van der Waals surface area contributed by atoms with Crippen molar-refractivity contribution in [3.63, 3.8) is 0 Å². The molecule has 0 nitrogen and oxygen atoms in total. The van der Waals surface area contributed by atoms with E-state index in [1.807, 2.05) is 0 Å². The Morgan fingerprint density at radius 2 is 2.25 bits per heavy atom. The molecule has 2 unspecified atom stereocenters. The van der Waals surface area contributed by atoms with Gasteiger partial charge in [-0.1, -0.05) is 39.1 Å². The van der Waals surface area contributed by atoms with Crippen LogP contribution in [-0.2, 0) is 0 Å². The zero-order chi connectivity index (χ0) is 9.03. The van der Waals surface area contributed by atoms with Crippen LogP contribution in [0.4, 0.5) is 0 Å². The molecule has 2 heteroatoms. The molecule has 2 atom stereocenters. The third-order valence-corrected chi connectivity index (χ3v) is 5.93. The lowest BCUT2D eigenvalue weighted by molar-refractivity contribution is 0.257. The van der Waals surface area contributed by atoms with Gasteiger partial charge in [0.05, 0.1) is 0 Å². The van der Waals surface area contributed by atoms with E-state index >= 15 is 0 Å². The Hall–Kier alpha value is 0.520. The fraction of sp³-hybridized carbons (Fsp3) is 0.800. The molecule has 70 valence electrons. The summed E-state index contributed by atoms with van der Waals surface area (Å²) in [5, 5.41) is 0.877. The molecule has 0 spiro atoms. The summed E-state index contributed by atoms with van der Waals surface area (Å²) in [7, 11) is 0.893. The van der Waals surface area contributed by atoms with E-state index in [4.69, 9.17) is 0 Å². The van der Waals surface area contributed by atoms with Crippen LogP contribution in [0.2, 0.25) is 0 Å². The summed E-state index contributed by atoms with van der Waals surface area (Å²) in [5.41, 5.74) is 0.568. The molecule has 0 amide bonds. The van der Waals surface area contributed by atoms with E-state index < -0.39 is 0 Å². The Labute approximate surface area is 82.1 Å². The Kier molecular flexibility index (Phi) is 4.13. The van der Waals surface area contributed by atoms with Gasteiger partial charge in [0.2, 0.25) is 0 Å². The van der Waals surface area contributed by atoms with Crippen LogP contribution in [0.15, 0.2) is 12.4 Å². The highest BCUT2D eigenvalue weighted by molar-refractivity contribution is 8.50. The van der Waals surface area contributed by atoms with E-state index in [9.17, 15) is 0 Å². The van der Waals surface area contributed by atoms with Crippen LogP contribution in [0.25, 0.3) is 0 Å². The summed E-state index contributed by atoms with van der Waals surface area (Å²) in [6.45, 7) is 8.61. The quantitative estimate of drug-likeness (QED) is 0.610. The first-order valence-corrected chi connectivity index (χ1v) is 7.37. The highest BCUT2D eigenvalue weighted by Crippen LogP contribution is 2.49. The first kappa shape index (κ1) is 10.6. The molecular weight excluding hydrogens is 183 g/mol. The zero-order valence-electron chi connectivity index (χ0n) is 8.10. The van der Waals surface area contributed by atoms with E-state index in [1.54, 1.807) is 0 Å². The fourth-order valence-corrected chi connectivity index (χ4v) is 4.88. The molecule has 1 fully saturated rings. The maximum atomic E-state index is 3.78. The van der Waals surface area contributed by atoms with Crippen LogP contribution in [0.3, 0.4) is 0 Å². The third kappa shape index (κ3) is 2.78. The summed E-state index contributed by atoms with van der Waals surface area (Å²) in [4.78, 5) is 0. The zero-order valence-corrected chi connectivity index (χ0v) is 9.91. The highest BCUT2D eigenvalue weighted by atomic mass is 32.7.